The minimum atomic E-state index is -1.09. The number of rotatable bonds is 4. The van der Waals surface area contributed by atoms with E-state index in [-0.39, 0.29) is 0 Å². The lowest BCUT2D eigenvalue weighted by Gasteiger charge is -2.06. The van der Waals surface area contributed by atoms with Gasteiger partial charge in [-0.15, -0.1) is 0 Å². The zero-order chi connectivity index (χ0) is 22.4. The van der Waals surface area contributed by atoms with Crippen LogP contribution in [0.2, 0.25) is 0 Å². The lowest BCUT2D eigenvalue weighted by molar-refractivity contribution is 0.208. The Morgan fingerprint density at radius 3 is 1.10 bits per heavy atom. The summed E-state index contributed by atoms with van der Waals surface area (Å²) in [5, 5.41) is 21.8. The van der Waals surface area contributed by atoms with Gasteiger partial charge in [0.15, 0.2) is 0 Å². The lowest BCUT2D eigenvalue weighted by atomic mass is 10.0. The molecule has 0 saturated heterocycles. The van der Waals surface area contributed by atoms with E-state index in [9.17, 15) is 9.59 Å². The fourth-order valence-corrected chi connectivity index (χ4v) is 1.89. The Kier molecular flexibility index (Phi) is 12.6. The highest BCUT2D eigenvalue weighted by Gasteiger charge is 2.01. The van der Waals surface area contributed by atoms with Crippen molar-refractivity contribution >= 4 is 23.6 Å². The van der Waals surface area contributed by atoms with Gasteiger partial charge in [0.2, 0.25) is 0 Å². The van der Waals surface area contributed by atoms with Gasteiger partial charge in [-0.3, -0.25) is 10.6 Å². The average molecular weight is 403 g/mol. The third-order valence-electron chi connectivity index (χ3n) is 2.82. The maximum absolute atomic E-state index is 10.5. The summed E-state index contributed by atoms with van der Waals surface area (Å²) >= 11 is 0. The van der Waals surface area contributed by atoms with Crippen molar-refractivity contribution in [2.75, 3.05) is 10.6 Å². The molecule has 0 unspecified atom stereocenters. The summed E-state index contributed by atoms with van der Waals surface area (Å²) in [5.74, 6) is 1.67. The van der Waals surface area contributed by atoms with Crippen LogP contribution in [0.4, 0.5) is 21.0 Å². The van der Waals surface area contributed by atoms with Gasteiger partial charge in [0.25, 0.3) is 0 Å². The number of amides is 2. The number of anilines is 2. The highest BCUT2D eigenvalue weighted by molar-refractivity contribution is 5.83. The van der Waals surface area contributed by atoms with E-state index in [2.05, 4.69) is 52.2 Å². The van der Waals surface area contributed by atoms with Crippen LogP contribution in [0, 0.1) is 11.8 Å². The second-order valence-corrected chi connectivity index (χ2v) is 7.90. The van der Waals surface area contributed by atoms with Crippen LogP contribution in [0.25, 0.3) is 0 Å². The summed E-state index contributed by atoms with van der Waals surface area (Å²) in [6, 6.07) is 14.2. The fourth-order valence-electron chi connectivity index (χ4n) is 1.89. The summed E-state index contributed by atoms with van der Waals surface area (Å²) in [6.45, 7) is 13.0. The van der Waals surface area contributed by atoms with Crippen molar-refractivity contribution in [1.29, 1.82) is 0 Å². The van der Waals surface area contributed by atoms with E-state index in [1.54, 1.807) is 24.3 Å². The van der Waals surface area contributed by atoms with E-state index >= 15 is 0 Å². The molecule has 2 amide bonds. The number of benzene rings is 2. The van der Waals surface area contributed by atoms with Crippen molar-refractivity contribution in [1.82, 2.24) is 0 Å². The molecule has 0 aliphatic rings. The van der Waals surface area contributed by atoms with Gasteiger partial charge in [0, 0.05) is 11.4 Å². The highest BCUT2D eigenvalue weighted by Crippen LogP contribution is 2.16. The summed E-state index contributed by atoms with van der Waals surface area (Å²) in [4.78, 5) is 21.0. The van der Waals surface area contributed by atoms with Crippen molar-refractivity contribution in [3.8, 4) is 0 Å². The largest absolute Gasteiger partial charge is 0.465 e. The lowest BCUT2D eigenvalue weighted by Crippen LogP contribution is -2.07. The van der Waals surface area contributed by atoms with Gasteiger partial charge in [0.05, 0.1) is 0 Å². The molecule has 0 bridgehead atoms. The Bertz CT molecular complexity index is 655. The maximum atomic E-state index is 10.5. The minimum Gasteiger partial charge on any atom is -0.465 e. The second-order valence-electron chi connectivity index (χ2n) is 7.90. The van der Waals surface area contributed by atoms with Gasteiger partial charge >= 0.3 is 12.2 Å². The number of carboxylic acid groups (broad SMARTS) is 2. The van der Waals surface area contributed by atoms with Gasteiger partial charge in [0.1, 0.15) is 0 Å². The van der Waals surface area contributed by atoms with E-state index in [0.717, 1.165) is 23.0 Å². The molecule has 0 radical (unpaired) electrons. The molecular weight excluding hydrogens is 368 g/mol. The third kappa shape index (κ3) is 15.7. The number of hydrogen-bond acceptors (Lipinski definition) is 2. The standard InChI is InChI=1S/C15H14N2O4.2C4H10/c18-14(19)16-12-5-1-10(2-6-12)9-11-3-7-13(8-4-11)17-15(20)21;2*1-4(2)3/h1-8,16-17H,9H2,(H,18,19)(H,20,21);2*4H,1-3H3. The number of nitrogens with one attached hydrogen (secondary N) is 2. The summed E-state index contributed by atoms with van der Waals surface area (Å²) in [6.07, 6.45) is -1.51. The topological polar surface area (TPSA) is 98.7 Å². The number of hydrogen-bond donors (Lipinski definition) is 4. The Morgan fingerprint density at radius 1 is 0.655 bits per heavy atom. The Hall–Kier alpha value is -3.02. The van der Waals surface area contributed by atoms with Gasteiger partial charge in [-0.25, -0.2) is 9.59 Å². The van der Waals surface area contributed by atoms with Crippen molar-refractivity contribution in [3.63, 3.8) is 0 Å². The van der Waals surface area contributed by atoms with Crippen molar-refractivity contribution in [3.05, 3.63) is 59.7 Å². The monoisotopic (exact) mass is 402 g/mol. The van der Waals surface area contributed by atoms with Crippen LogP contribution in [0.5, 0.6) is 0 Å². The first-order valence-corrected chi connectivity index (χ1v) is 9.67. The quantitative estimate of drug-likeness (QED) is 0.453. The van der Waals surface area contributed by atoms with E-state index in [0.29, 0.717) is 17.8 Å². The first kappa shape index (κ1) is 26.0. The van der Waals surface area contributed by atoms with Crippen LogP contribution < -0.4 is 10.6 Å². The van der Waals surface area contributed by atoms with Crippen molar-refractivity contribution in [2.24, 2.45) is 11.8 Å². The first-order chi connectivity index (χ1) is 13.5. The molecule has 4 N–H and O–H groups in total. The molecule has 0 aliphatic heterocycles. The molecule has 2 aromatic rings. The fraction of sp³-hybridized carbons (Fsp3) is 0.391. The molecule has 0 aromatic heterocycles. The summed E-state index contributed by atoms with van der Waals surface area (Å²) in [5.41, 5.74) is 3.11. The summed E-state index contributed by atoms with van der Waals surface area (Å²) < 4.78 is 0. The molecule has 0 aliphatic carbocycles. The Balaban J connectivity index is 0.000000837. The molecule has 6 nitrogen and oxygen atoms in total. The van der Waals surface area contributed by atoms with Crippen LogP contribution in [0.1, 0.15) is 52.7 Å². The maximum Gasteiger partial charge on any atom is 0.409 e. The van der Waals surface area contributed by atoms with Gasteiger partial charge in [-0.2, -0.15) is 0 Å². The van der Waals surface area contributed by atoms with E-state index < -0.39 is 12.2 Å². The first-order valence-electron chi connectivity index (χ1n) is 9.67. The van der Waals surface area contributed by atoms with E-state index in [1.165, 1.54) is 0 Å². The Morgan fingerprint density at radius 2 is 0.897 bits per heavy atom. The second kappa shape index (κ2) is 14.0. The smallest absolute Gasteiger partial charge is 0.409 e. The van der Waals surface area contributed by atoms with E-state index in [4.69, 9.17) is 10.2 Å². The van der Waals surface area contributed by atoms with Gasteiger partial charge in [-0.1, -0.05) is 65.8 Å². The van der Waals surface area contributed by atoms with Crippen LogP contribution in [0.15, 0.2) is 48.5 Å². The third-order valence-corrected chi connectivity index (χ3v) is 2.82. The van der Waals surface area contributed by atoms with Crippen molar-refractivity contribution < 1.29 is 19.8 Å². The van der Waals surface area contributed by atoms with Crippen molar-refractivity contribution in [2.45, 2.75) is 48.0 Å². The van der Waals surface area contributed by atoms with E-state index in [1.807, 2.05) is 24.3 Å². The average Bonchev–Trinajstić information content (AvgIpc) is 2.56. The van der Waals surface area contributed by atoms with Crippen LogP contribution in [-0.2, 0) is 6.42 Å². The molecule has 2 aromatic carbocycles. The highest BCUT2D eigenvalue weighted by atomic mass is 16.4. The molecule has 160 valence electrons. The molecule has 29 heavy (non-hydrogen) atoms. The molecule has 6 heteroatoms. The molecule has 0 heterocycles. The predicted molar refractivity (Wildman–Crippen MR) is 120 cm³/mol. The molecule has 0 spiro atoms. The molecule has 0 atom stereocenters. The number of carbonyl (C=O) groups is 2. The zero-order valence-electron chi connectivity index (χ0n) is 18.2. The molecule has 2 rings (SSSR count). The van der Waals surface area contributed by atoms with Crippen LogP contribution >= 0.6 is 0 Å². The van der Waals surface area contributed by atoms with Gasteiger partial charge < -0.3 is 10.2 Å². The predicted octanol–water partition coefficient (Wildman–Crippen LogP) is 6.78. The van der Waals surface area contributed by atoms with Gasteiger partial charge in [-0.05, 0) is 53.6 Å². The van der Waals surface area contributed by atoms with Crippen LogP contribution in [0.3, 0.4) is 0 Å². The minimum absolute atomic E-state index is 0.521. The molecule has 0 saturated carbocycles. The normalized spacial score (nSPS) is 9.66. The SMILES string of the molecule is CC(C)C.CC(C)C.O=C(O)Nc1ccc(Cc2ccc(NC(=O)O)cc2)cc1. The summed E-state index contributed by atoms with van der Waals surface area (Å²) in [7, 11) is 0. The zero-order valence-corrected chi connectivity index (χ0v) is 18.2. The Labute approximate surface area is 174 Å². The van der Waals surface area contributed by atoms with Crippen LogP contribution in [-0.4, -0.2) is 22.4 Å². The molecule has 0 fully saturated rings. The molecular formula is C23H34N2O4.